The van der Waals surface area contributed by atoms with E-state index >= 15 is 0 Å². The molecule has 0 atom stereocenters. The van der Waals surface area contributed by atoms with Gasteiger partial charge in [0.2, 0.25) is 10.0 Å². The third-order valence-electron chi connectivity index (χ3n) is 2.57. The van der Waals surface area contributed by atoms with E-state index in [4.69, 9.17) is 33.1 Å². The first-order valence-electron chi connectivity index (χ1n) is 5.62. The minimum absolute atomic E-state index is 0.0181. The van der Waals surface area contributed by atoms with Gasteiger partial charge in [-0.25, -0.2) is 13.6 Å². The summed E-state index contributed by atoms with van der Waals surface area (Å²) in [4.78, 5) is 9.76. The Labute approximate surface area is 135 Å². The lowest BCUT2D eigenvalue weighted by Crippen LogP contribution is -2.12. The molecule has 2 rings (SSSR count). The van der Waals surface area contributed by atoms with E-state index in [-0.39, 0.29) is 32.1 Å². The van der Waals surface area contributed by atoms with Crippen molar-refractivity contribution in [2.75, 3.05) is 0 Å². The zero-order chi connectivity index (χ0) is 16.5. The van der Waals surface area contributed by atoms with Gasteiger partial charge in [-0.1, -0.05) is 23.2 Å². The Morgan fingerprint density at radius 2 is 1.59 bits per heavy atom. The molecule has 2 aromatic rings. The number of nitrogens with zero attached hydrogens (tertiary/aromatic N) is 1. The van der Waals surface area contributed by atoms with Crippen LogP contribution in [0.2, 0.25) is 10.0 Å². The van der Waals surface area contributed by atoms with Gasteiger partial charge in [0.15, 0.2) is 5.75 Å². The maximum absolute atomic E-state index is 11.3. The molecular formula is C12H8Cl2N2O5S. The lowest BCUT2D eigenvalue weighted by Gasteiger charge is -2.10. The number of hydrogen-bond acceptors (Lipinski definition) is 5. The molecule has 0 saturated carbocycles. The molecule has 0 aliphatic heterocycles. The normalized spacial score (nSPS) is 11.2. The molecule has 2 N–H and O–H groups in total. The Balaban J connectivity index is 2.36. The third kappa shape index (κ3) is 3.66. The number of nitro groups is 1. The molecular weight excluding hydrogens is 355 g/mol. The molecule has 22 heavy (non-hydrogen) atoms. The predicted octanol–water partition coefficient (Wildman–Crippen LogP) is 3.34. The second-order valence-electron chi connectivity index (χ2n) is 4.11. The van der Waals surface area contributed by atoms with Crippen LogP contribution in [-0.2, 0) is 10.0 Å². The highest BCUT2D eigenvalue weighted by atomic mass is 35.5. The second-order valence-corrected chi connectivity index (χ2v) is 6.49. The van der Waals surface area contributed by atoms with Crippen molar-refractivity contribution in [2.24, 2.45) is 5.14 Å². The topological polar surface area (TPSA) is 113 Å². The standard InChI is InChI=1S/C12H8Cl2N2O5S/c13-10-5-9(22(15,19)20)6-11(14)12(10)21-8-3-1-7(2-4-8)16(17)18/h1-6H,(H2,15,19,20). The van der Waals surface area contributed by atoms with E-state index in [9.17, 15) is 18.5 Å². The minimum Gasteiger partial charge on any atom is -0.454 e. The van der Waals surface area contributed by atoms with Crippen LogP contribution in [-0.4, -0.2) is 13.3 Å². The molecule has 0 radical (unpaired) electrons. The van der Waals surface area contributed by atoms with Crippen molar-refractivity contribution in [2.45, 2.75) is 4.90 Å². The first kappa shape index (κ1) is 16.5. The van der Waals surface area contributed by atoms with Crippen molar-refractivity contribution in [3.8, 4) is 11.5 Å². The quantitative estimate of drug-likeness (QED) is 0.661. The smallest absolute Gasteiger partial charge is 0.269 e. The molecule has 10 heteroatoms. The van der Waals surface area contributed by atoms with E-state index in [0.717, 1.165) is 12.1 Å². The van der Waals surface area contributed by atoms with Crippen LogP contribution in [0.25, 0.3) is 0 Å². The highest BCUT2D eigenvalue weighted by Gasteiger charge is 2.16. The van der Waals surface area contributed by atoms with Gasteiger partial charge in [0.25, 0.3) is 5.69 Å². The van der Waals surface area contributed by atoms with E-state index < -0.39 is 14.9 Å². The van der Waals surface area contributed by atoms with Gasteiger partial charge in [0, 0.05) is 12.1 Å². The molecule has 0 aromatic heterocycles. The Kier molecular flexibility index (Phi) is 4.57. The van der Waals surface area contributed by atoms with Gasteiger partial charge in [-0.3, -0.25) is 10.1 Å². The lowest BCUT2D eigenvalue weighted by atomic mass is 10.3. The van der Waals surface area contributed by atoms with Crippen molar-refractivity contribution >= 4 is 38.9 Å². The monoisotopic (exact) mass is 362 g/mol. The zero-order valence-corrected chi connectivity index (χ0v) is 13.0. The molecule has 0 aliphatic rings. The Hall–Kier alpha value is -1.87. The summed E-state index contributed by atoms with van der Waals surface area (Å²) in [7, 11) is -3.95. The van der Waals surface area contributed by atoms with Crippen LogP contribution in [0.3, 0.4) is 0 Å². The number of non-ortho nitro benzene ring substituents is 1. The van der Waals surface area contributed by atoms with Gasteiger partial charge in [0.05, 0.1) is 19.9 Å². The van der Waals surface area contributed by atoms with E-state index in [2.05, 4.69) is 0 Å². The van der Waals surface area contributed by atoms with Gasteiger partial charge < -0.3 is 4.74 Å². The summed E-state index contributed by atoms with van der Waals surface area (Å²) in [5.74, 6) is 0.266. The van der Waals surface area contributed by atoms with E-state index in [1.54, 1.807) is 0 Å². The van der Waals surface area contributed by atoms with Crippen LogP contribution in [0.15, 0.2) is 41.3 Å². The number of hydrogen-bond donors (Lipinski definition) is 1. The number of rotatable bonds is 4. The van der Waals surface area contributed by atoms with Crippen LogP contribution in [0.5, 0.6) is 11.5 Å². The molecule has 0 heterocycles. The van der Waals surface area contributed by atoms with Crippen LogP contribution < -0.4 is 9.88 Å². The number of nitrogens with two attached hydrogens (primary N) is 1. The van der Waals surface area contributed by atoms with Crippen molar-refractivity contribution in [3.63, 3.8) is 0 Å². The molecule has 0 unspecified atom stereocenters. The largest absolute Gasteiger partial charge is 0.454 e. The maximum Gasteiger partial charge on any atom is 0.269 e. The summed E-state index contributed by atoms with van der Waals surface area (Å²) >= 11 is 11.9. The Morgan fingerprint density at radius 1 is 1.09 bits per heavy atom. The van der Waals surface area contributed by atoms with Crippen LogP contribution in [0, 0.1) is 10.1 Å². The van der Waals surface area contributed by atoms with E-state index in [0.29, 0.717) is 0 Å². The van der Waals surface area contributed by atoms with Gasteiger partial charge in [0.1, 0.15) is 5.75 Å². The molecule has 0 aliphatic carbocycles. The summed E-state index contributed by atoms with van der Waals surface area (Å²) in [6.07, 6.45) is 0. The first-order chi connectivity index (χ1) is 10.2. The lowest BCUT2D eigenvalue weighted by molar-refractivity contribution is -0.384. The summed E-state index contributed by atoms with van der Waals surface area (Å²) in [5, 5.41) is 15.4. The van der Waals surface area contributed by atoms with Gasteiger partial charge in [-0.2, -0.15) is 0 Å². The Morgan fingerprint density at radius 3 is 2.00 bits per heavy atom. The highest BCUT2D eigenvalue weighted by Crippen LogP contribution is 2.38. The SMILES string of the molecule is NS(=O)(=O)c1cc(Cl)c(Oc2ccc([N+](=O)[O-])cc2)c(Cl)c1. The number of sulfonamides is 1. The summed E-state index contributed by atoms with van der Waals surface area (Å²) in [6, 6.07) is 7.41. The molecule has 0 amide bonds. The van der Waals surface area contributed by atoms with Crippen LogP contribution in [0.1, 0.15) is 0 Å². The van der Waals surface area contributed by atoms with Crippen LogP contribution >= 0.6 is 23.2 Å². The zero-order valence-electron chi connectivity index (χ0n) is 10.7. The number of halogens is 2. The average molecular weight is 363 g/mol. The van der Waals surface area contributed by atoms with E-state index in [1.807, 2.05) is 0 Å². The van der Waals surface area contributed by atoms with Crippen molar-refractivity contribution < 1.29 is 18.1 Å². The molecule has 2 aromatic carbocycles. The maximum atomic E-state index is 11.3. The average Bonchev–Trinajstić information content (AvgIpc) is 2.42. The van der Waals surface area contributed by atoms with Crippen LogP contribution in [0.4, 0.5) is 5.69 Å². The second kappa shape index (κ2) is 6.09. The molecule has 0 saturated heterocycles. The molecule has 0 bridgehead atoms. The van der Waals surface area contributed by atoms with E-state index in [1.165, 1.54) is 24.3 Å². The van der Waals surface area contributed by atoms with Crippen molar-refractivity contribution in [3.05, 3.63) is 56.6 Å². The fourth-order valence-corrected chi connectivity index (χ4v) is 2.81. The van der Waals surface area contributed by atoms with Gasteiger partial charge in [-0.15, -0.1) is 0 Å². The van der Waals surface area contributed by atoms with Gasteiger partial charge >= 0.3 is 0 Å². The molecule has 116 valence electrons. The fourth-order valence-electron chi connectivity index (χ4n) is 1.55. The Bertz CT molecular complexity index is 814. The van der Waals surface area contributed by atoms with Crippen molar-refractivity contribution in [1.82, 2.24) is 0 Å². The molecule has 0 spiro atoms. The van der Waals surface area contributed by atoms with Crippen molar-refractivity contribution in [1.29, 1.82) is 0 Å². The number of nitro benzene ring substituents is 1. The van der Waals surface area contributed by atoms with Gasteiger partial charge in [-0.05, 0) is 24.3 Å². The fraction of sp³-hybridized carbons (Fsp3) is 0. The number of ether oxygens (including phenoxy) is 1. The molecule has 7 nitrogen and oxygen atoms in total. The number of benzene rings is 2. The third-order valence-corrected chi connectivity index (χ3v) is 4.02. The minimum atomic E-state index is -3.95. The number of primary sulfonamides is 1. The highest BCUT2D eigenvalue weighted by molar-refractivity contribution is 7.89. The summed E-state index contributed by atoms with van der Waals surface area (Å²) < 4.78 is 27.9. The first-order valence-corrected chi connectivity index (χ1v) is 7.93. The summed E-state index contributed by atoms with van der Waals surface area (Å²) in [5.41, 5.74) is -0.103. The summed E-state index contributed by atoms with van der Waals surface area (Å²) in [6.45, 7) is 0. The predicted molar refractivity (Wildman–Crippen MR) is 81.0 cm³/mol. The molecule has 0 fully saturated rings.